The summed E-state index contributed by atoms with van der Waals surface area (Å²) in [4.78, 5) is 7.78. The third-order valence-corrected chi connectivity index (χ3v) is 4.34. The quantitative estimate of drug-likeness (QED) is 0.938. The number of hydrogen-bond donors (Lipinski definition) is 1. The zero-order chi connectivity index (χ0) is 13.9. The van der Waals surface area contributed by atoms with Crippen molar-refractivity contribution >= 4 is 28.9 Å². The molecule has 6 heteroatoms. The Morgan fingerprint density at radius 2 is 2.24 bits per heavy atom. The number of rotatable bonds is 4. The Balaban J connectivity index is 0.00000161. The molecular formula is C15H20ClN3OS. The smallest absolute Gasteiger partial charge is 0.180 e. The summed E-state index contributed by atoms with van der Waals surface area (Å²) in [7, 11) is 0. The average Bonchev–Trinajstić information content (AvgIpc) is 2.85. The minimum atomic E-state index is 0. The van der Waals surface area contributed by atoms with Gasteiger partial charge >= 0.3 is 0 Å². The number of ether oxygens (including phenoxy) is 1. The van der Waals surface area contributed by atoms with Gasteiger partial charge in [0, 0.05) is 30.7 Å². The van der Waals surface area contributed by atoms with E-state index in [0.717, 1.165) is 38.4 Å². The molecule has 3 rings (SSSR count). The van der Waals surface area contributed by atoms with Gasteiger partial charge in [0.15, 0.2) is 5.13 Å². The zero-order valence-corrected chi connectivity index (χ0v) is 13.7. The van der Waals surface area contributed by atoms with Crippen LogP contribution in [0.1, 0.15) is 22.9 Å². The van der Waals surface area contributed by atoms with Crippen LogP contribution in [0.25, 0.3) is 0 Å². The standard InChI is InChI=1S/C15H19N3OS.ClH/c1-2-19-13-4-3-12-9-18(6-5-11(12)7-13)10-14-8-17-15(16)20-14;/h3-4,7-8H,2,5-6,9-10H2,1H3,(H2,16,17);1H. The maximum atomic E-state index is 5.68. The monoisotopic (exact) mass is 325 g/mol. The fourth-order valence-corrected chi connectivity index (χ4v) is 3.32. The summed E-state index contributed by atoms with van der Waals surface area (Å²) in [6.45, 7) is 5.72. The number of hydrogen-bond acceptors (Lipinski definition) is 5. The van der Waals surface area contributed by atoms with Crippen LogP contribution in [0.15, 0.2) is 24.4 Å². The van der Waals surface area contributed by atoms with E-state index >= 15 is 0 Å². The number of nitrogens with zero attached hydrogens (tertiary/aromatic N) is 2. The lowest BCUT2D eigenvalue weighted by molar-refractivity contribution is 0.247. The molecule has 0 atom stereocenters. The molecule has 0 spiro atoms. The summed E-state index contributed by atoms with van der Waals surface area (Å²) in [6.07, 6.45) is 2.96. The first kappa shape index (κ1) is 16.1. The average molecular weight is 326 g/mol. The van der Waals surface area contributed by atoms with Crippen LogP contribution in [0.2, 0.25) is 0 Å². The van der Waals surface area contributed by atoms with Crippen molar-refractivity contribution in [2.24, 2.45) is 0 Å². The van der Waals surface area contributed by atoms with Crippen LogP contribution >= 0.6 is 23.7 Å². The van der Waals surface area contributed by atoms with Crippen molar-refractivity contribution < 1.29 is 4.74 Å². The summed E-state index contributed by atoms with van der Waals surface area (Å²) < 4.78 is 5.56. The number of anilines is 1. The fourth-order valence-electron chi connectivity index (χ4n) is 2.60. The van der Waals surface area contributed by atoms with E-state index in [1.165, 1.54) is 16.0 Å². The summed E-state index contributed by atoms with van der Waals surface area (Å²) in [6, 6.07) is 6.44. The van der Waals surface area contributed by atoms with Gasteiger partial charge in [-0.1, -0.05) is 6.07 Å². The van der Waals surface area contributed by atoms with Crippen molar-refractivity contribution in [1.29, 1.82) is 0 Å². The molecule has 0 fully saturated rings. The maximum Gasteiger partial charge on any atom is 0.180 e. The van der Waals surface area contributed by atoms with Crippen molar-refractivity contribution in [3.05, 3.63) is 40.4 Å². The van der Waals surface area contributed by atoms with Gasteiger partial charge in [-0.15, -0.1) is 23.7 Å². The van der Waals surface area contributed by atoms with Gasteiger partial charge in [-0.05, 0) is 36.6 Å². The molecule has 4 nitrogen and oxygen atoms in total. The van der Waals surface area contributed by atoms with E-state index in [1.807, 2.05) is 13.1 Å². The van der Waals surface area contributed by atoms with E-state index in [-0.39, 0.29) is 12.4 Å². The van der Waals surface area contributed by atoms with E-state index in [0.29, 0.717) is 5.13 Å². The van der Waals surface area contributed by atoms with Crippen LogP contribution in [0.4, 0.5) is 5.13 Å². The van der Waals surface area contributed by atoms with Crippen molar-refractivity contribution in [3.8, 4) is 5.75 Å². The van der Waals surface area contributed by atoms with Crippen LogP contribution in [0.3, 0.4) is 0 Å². The first-order valence-electron chi connectivity index (χ1n) is 6.91. The largest absolute Gasteiger partial charge is 0.494 e. The molecule has 1 aliphatic rings. The lowest BCUT2D eigenvalue weighted by atomic mass is 9.99. The van der Waals surface area contributed by atoms with Gasteiger partial charge in [0.2, 0.25) is 0 Å². The van der Waals surface area contributed by atoms with E-state index in [9.17, 15) is 0 Å². The molecule has 0 aliphatic carbocycles. The van der Waals surface area contributed by atoms with E-state index in [1.54, 1.807) is 11.3 Å². The molecule has 0 unspecified atom stereocenters. The minimum absolute atomic E-state index is 0. The molecule has 0 bridgehead atoms. The topological polar surface area (TPSA) is 51.4 Å². The Kier molecular flexibility index (Phi) is 5.45. The summed E-state index contributed by atoms with van der Waals surface area (Å²) in [5, 5.41) is 0.652. The number of thiazole rings is 1. The molecule has 2 N–H and O–H groups in total. The highest BCUT2D eigenvalue weighted by Gasteiger charge is 2.17. The van der Waals surface area contributed by atoms with Crippen molar-refractivity contribution in [2.75, 3.05) is 18.9 Å². The maximum absolute atomic E-state index is 5.68. The Morgan fingerprint density at radius 1 is 1.38 bits per heavy atom. The number of aromatic nitrogens is 1. The zero-order valence-electron chi connectivity index (χ0n) is 12.0. The lowest BCUT2D eigenvalue weighted by Crippen LogP contribution is -2.29. The molecule has 2 aromatic rings. The predicted octanol–water partition coefficient (Wildman–Crippen LogP) is 3.10. The van der Waals surface area contributed by atoms with Crippen LogP contribution in [0.5, 0.6) is 5.75 Å². The SMILES string of the molecule is CCOc1ccc2c(c1)CCN(Cc1cnc(N)s1)C2.Cl. The molecular weight excluding hydrogens is 306 g/mol. The van der Waals surface area contributed by atoms with Crippen LogP contribution in [-0.2, 0) is 19.5 Å². The Labute approximate surface area is 135 Å². The van der Waals surface area contributed by atoms with E-state index < -0.39 is 0 Å². The van der Waals surface area contributed by atoms with Crippen LogP contribution in [-0.4, -0.2) is 23.0 Å². The van der Waals surface area contributed by atoms with Crippen molar-refractivity contribution in [1.82, 2.24) is 9.88 Å². The Morgan fingerprint density at radius 3 is 2.95 bits per heavy atom. The summed E-state index contributed by atoms with van der Waals surface area (Å²) >= 11 is 1.58. The van der Waals surface area contributed by atoms with Gasteiger partial charge in [-0.3, -0.25) is 4.90 Å². The fraction of sp³-hybridized carbons (Fsp3) is 0.400. The Hall–Kier alpha value is -1.30. The number of nitrogens with two attached hydrogens (primary N) is 1. The predicted molar refractivity (Wildman–Crippen MR) is 89.2 cm³/mol. The molecule has 0 saturated heterocycles. The molecule has 0 amide bonds. The molecule has 21 heavy (non-hydrogen) atoms. The second-order valence-corrected chi connectivity index (χ2v) is 6.14. The molecule has 2 heterocycles. The minimum Gasteiger partial charge on any atom is -0.494 e. The van der Waals surface area contributed by atoms with Crippen molar-refractivity contribution in [2.45, 2.75) is 26.4 Å². The van der Waals surface area contributed by atoms with E-state index in [4.69, 9.17) is 10.5 Å². The van der Waals surface area contributed by atoms with E-state index in [2.05, 4.69) is 28.1 Å². The number of halogens is 1. The summed E-state index contributed by atoms with van der Waals surface area (Å²) in [5.74, 6) is 0.981. The first-order valence-corrected chi connectivity index (χ1v) is 7.73. The number of benzene rings is 1. The molecule has 1 aromatic heterocycles. The molecule has 0 saturated carbocycles. The molecule has 1 aliphatic heterocycles. The summed E-state index contributed by atoms with van der Waals surface area (Å²) in [5.41, 5.74) is 8.49. The second kappa shape index (κ2) is 7.11. The highest BCUT2D eigenvalue weighted by atomic mass is 35.5. The number of nitrogen functional groups attached to an aromatic ring is 1. The van der Waals surface area contributed by atoms with Gasteiger partial charge < -0.3 is 10.5 Å². The van der Waals surface area contributed by atoms with Gasteiger partial charge in [-0.2, -0.15) is 0 Å². The number of fused-ring (bicyclic) bond motifs is 1. The molecule has 1 aromatic carbocycles. The van der Waals surface area contributed by atoms with Gasteiger partial charge in [-0.25, -0.2) is 4.98 Å². The Bertz CT molecular complexity index is 602. The second-order valence-electron chi connectivity index (χ2n) is 4.99. The van der Waals surface area contributed by atoms with Crippen LogP contribution in [0, 0.1) is 0 Å². The third kappa shape index (κ3) is 3.87. The lowest BCUT2D eigenvalue weighted by Gasteiger charge is -2.28. The van der Waals surface area contributed by atoms with Gasteiger partial charge in [0.25, 0.3) is 0 Å². The molecule has 114 valence electrons. The van der Waals surface area contributed by atoms with Gasteiger partial charge in [0.05, 0.1) is 6.61 Å². The molecule has 0 radical (unpaired) electrons. The highest BCUT2D eigenvalue weighted by molar-refractivity contribution is 7.15. The highest BCUT2D eigenvalue weighted by Crippen LogP contribution is 2.26. The van der Waals surface area contributed by atoms with Gasteiger partial charge in [0.1, 0.15) is 5.75 Å². The third-order valence-electron chi connectivity index (χ3n) is 3.53. The normalized spacial score (nSPS) is 14.3. The van der Waals surface area contributed by atoms with Crippen molar-refractivity contribution in [3.63, 3.8) is 0 Å². The first-order chi connectivity index (χ1) is 9.74. The van der Waals surface area contributed by atoms with Crippen LogP contribution < -0.4 is 10.5 Å².